The van der Waals surface area contributed by atoms with E-state index in [1.807, 2.05) is 42.5 Å². The molecule has 0 unspecified atom stereocenters. The zero-order valence-electron chi connectivity index (χ0n) is 14.2. The van der Waals surface area contributed by atoms with E-state index in [0.717, 1.165) is 43.6 Å². The maximum absolute atomic E-state index is 12.7. The lowest BCUT2D eigenvalue weighted by atomic mass is 9.82. The summed E-state index contributed by atoms with van der Waals surface area (Å²) in [5.41, 5.74) is 0.998. The van der Waals surface area contributed by atoms with Gasteiger partial charge in [-0.1, -0.05) is 30.3 Å². The van der Waals surface area contributed by atoms with Gasteiger partial charge in [-0.3, -0.25) is 0 Å². The maximum atomic E-state index is 12.7. The first kappa shape index (κ1) is 16.2. The van der Waals surface area contributed by atoms with Crippen LogP contribution in [-0.4, -0.2) is 24.8 Å². The van der Waals surface area contributed by atoms with Crippen LogP contribution in [0.5, 0.6) is 0 Å². The summed E-state index contributed by atoms with van der Waals surface area (Å²) >= 11 is 0. The molecule has 2 N–H and O–H groups in total. The molecule has 5 heteroatoms. The molecule has 1 aliphatic heterocycles. The van der Waals surface area contributed by atoms with Crippen molar-refractivity contribution in [3.05, 3.63) is 60.1 Å². The number of ether oxygens (including phenoxy) is 1. The van der Waals surface area contributed by atoms with Crippen LogP contribution in [0.3, 0.4) is 0 Å². The number of hydrogen-bond donors (Lipinski definition) is 2. The van der Waals surface area contributed by atoms with Gasteiger partial charge in [0.05, 0.1) is 12.4 Å². The Labute approximate surface area is 147 Å². The monoisotopic (exact) mass is 340 g/mol. The fraction of sp³-hybridized carbons (Fsp3) is 0.450. The van der Waals surface area contributed by atoms with Gasteiger partial charge < -0.3 is 19.8 Å². The predicted octanol–water partition coefficient (Wildman–Crippen LogP) is 3.63. The third-order valence-electron chi connectivity index (χ3n) is 5.33. The Morgan fingerprint density at radius 1 is 1.08 bits per heavy atom. The molecule has 2 fully saturated rings. The molecule has 1 aliphatic carbocycles. The summed E-state index contributed by atoms with van der Waals surface area (Å²) in [5.74, 6) is 1.17. The Hall–Kier alpha value is -2.27. The first-order valence-corrected chi connectivity index (χ1v) is 9.08. The standard InChI is InChI=1S/C20H24N2O3/c23-20(21-16-8-4-9-17-15(16)11-13-25-17)22-19(18-10-5-12-24-18)14-6-2-1-3-7-14/h1-3,5-7,10,12,15-17,19H,4,8-9,11,13H2,(H2,21,22,23)/t15-,16-,17-,19-/m1/s1. The Morgan fingerprint density at radius 3 is 2.76 bits per heavy atom. The number of benzene rings is 1. The summed E-state index contributed by atoms with van der Waals surface area (Å²) in [5, 5.41) is 6.26. The number of carbonyl (C=O) groups is 1. The lowest BCUT2D eigenvalue weighted by Gasteiger charge is -2.33. The fourth-order valence-corrected chi connectivity index (χ4v) is 4.12. The van der Waals surface area contributed by atoms with Crippen molar-refractivity contribution in [2.24, 2.45) is 5.92 Å². The summed E-state index contributed by atoms with van der Waals surface area (Å²) in [4.78, 5) is 12.7. The molecule has 1 aromatic heterocycles. The lowest BCUT2D eigenvalue weighted by Crippen LogP contribution is -2.49. The molecule has 1 saturated carbocycles. The molecule has 5 nitrogen and oxygen atoms in total. The number of fused-ring (bicyclic) bond motifs is 1. The summed E-state index contributed by atoms with van der Waals surface area (Å²) < 4.78 is 11.3. The molecule has 132 valence electrons. The Balaban J connectivity index is 1.46. The second-order valence-electron chi connectivity index (χ2n) is 6.88. The van der Waals surface area contributed by atoms with E-state index >= 15 is 0 Å². The first-order chi connectivity index (χ1) is 12.3. The highest BCUT2D eigenvalue weighted by Crippen LogP contribution is 2.34. The van der Waals surface area contributed by atoms with Gasteiger partial charge in [0, 0.05) is 18.6 Å². The Bertz CT molecular complexity index is 686. The SMILES string of the molecule is O=C(N[C@H](c1ccccc1)c1ccco1)N[C@@H]1CCC[C@H]2OCC[C@H]12. The smallest absolute Gasteiger partial charge is 0.315 e. The maximum Gasteiger partial charge on any atom is 0.315 e. The molecule has 0 radical (unpaired) electrons. The molecular weight excluding hydrogens is 316 g/mol. The summed E-state index contributed by atoms with van der Waals surface area (Å²) in [6.45, 7) is 0.814. The molecule has 4 atom stereocenters. The van der Waals surface area contributed by atoms with E-state index in [1.54, 1.807) is 6.26 Å². The molecule has 1 aromatic carbocycles. The van der Waals surface area contributed by atoms with Gasteiger partial charge in [-0.2, -0.15) is 0 Å². The normalized spacial score (nSPS) is 26.6. The van der Waals surface area contributed by atoms with E-state index in [9.17, 15) is 4.79 Å². The molecule has 25 heavy (non-hydrogen) atoms. The zero-order valence-corrected chi connectivity index (χ0v) is 14.2. The average Bonchev–Trinajstić information content (AvgIpc) is 3.32. The van der Waals surface area contributed by atoms with Gasteiger partial charge in [-0.25, -0.2) is 4.79 Å². The number of furan rings is 1. The van der Waals surface area contributed by atoms with Crippen molar-refractivity contribution in [1.29, 1.82) is 0 Å². The lowest BCUT2D eigenvalue weighted by molar-refractivity contribution is 0.0549. The van der Waals surface area contributed by atoms with Crippen molar-refractivity contribution in [2.75, 3.05) is 6.61 Å². The zero-order chi connectivity index (χ0) is 17.1. The number of carbonyl (C=O) groups excluding carboxylic acids is 1. The molecule has 2 amide bonds. The van der Waals surface area contributed by atoms with Gasteiger partial charge in [0.2, 0.25) is 0 Å². The first-order valence-electron chi connectivity index (χ1n) is 9.08. The Kier molecular flexibility index (Phi) is 4.74. The number of hydrogen-bond acceptors (Lipinski definition) is 3. The largest absolute Gasteiger partial charge is 0.467 e. The second-order valence-corrected chi connectivity index (χ2v) is 6.88. The number of nitrogens with one attached hydrogen (secondary N) is 2. The van der Waals surface area contributed by atoms with E-state index < -0.39 is 0 Å². The minimum Gasteiger partial charge on any atom is -0.467 e. The molecule has 1 saturated heterocycles. The minimum atomic E-state index is -0.296. The van der Waals surface area contributed by atoms with Crippen LogP contribution in [0.4, 0.5) is 4.79 Å². The van der Waals surface area contributed by atoms with Crippen molar-refractivity contribution < 1.29 is 13.9 Å². The van der Waals surface area contributed by atoms with Gasteiger partial charge >= 0.3 is 6.03 Å². The van der Waals surface area contributed by atoms with E-state index in [0.29, 0.717) is 12.0 Å². The number of amides is 2. The Morgan fingerprint density at radius 2 is 1.96 bits per heavy atom. The van der Waals surface area contributed by atoms with Crippen LogP contribution in [-0.2, 0) is 4.74 Å². The van der Waals surface area contributed by atoms with Gasteiger partial charge in [0.25, 0.3) is 0 Å². The highest BCUT2D eigenvalue weighted by molar-refractivity contribution is 5.75. The van der Waals surface area contributed by atoms with Crippen molar-refractivity contribution in [1.82, 2.24) is 10.6 Å². The molecule has 2 aliphatic rings. The van der Waals surface area contributed by atoms with Gasteiger partial charge in [0.1, 0.15) is 11.8 Å². The van der Waals surface area contributed by atoms with Gasteiger partial charge in [-0.15, -0.1) is 0 Å². The third-order valence-corrected chi connectivity index (χ3v) is 5.33. The third kappa shape index (κ3) is 3.56. The average molecular weight is 340 g/mol. The molecule has 0 bridgehead atoms. The molecule has 0 spiro atoms. The predicted molar refractivity (Wildman–Crippen MR) is 94.1 cm³/mol. The van der Waals surface area contributed by atoms with Gasteiger partial charge in [0.15, 0.2) is 0 Å². The van der Waals surface area contributed by atoms with Crippen LogP contribution in [0.25, 0.3) is 0 Å². The van der Waals surface area contributed by atoms with Crippen LogP contribution >= 0.6 is 0 Å². The quantitative estimate of drug-likeness (QED) is 0.893. The number of rotatable bonds is 4. The van der Waals surface area contributed by atoms with E-state index in [2.05, 4.69) is 10.6 Å². The molecule has 2 heterocycles. The van der Waals surface area contributed by atoms with Crippen molar-refractivity contribution in [3.63, 3.8) is 0 Å². The van der Waals surface area contributed by atoms with Crippen molar-refractivity contribution >= 4 is 6.03 Å². The van der Waals surface area contributed by atoms with E-state index in [1.165, 1.54) is 0 Å². The highest BCUT2D eigenvalue weighted by atomic mass is 16.5. The van der Waals surface area contributed by atoms with E-state index in [-0.39, 0.29) is 18.1 Å². The summed E-state index contributed by atoms with van der Waals surface area (Å²) in [6.07, 6.45) is 6.22. The van der Waals surface area contributed by atoms with Crippen molar-refractivity contribution in [2.45, 2.75) is 43.9 Å². The topological polar surface area (TPSA) is 63.5 Å². The van der Waals surface area contributed by atoms with Crippen LogP contribution in [0.1, 0.15) is 43.0 Å². The second kappa shape index (κ2) is 7.31. The molecular formula is C20H24N2O3. The highest BCUT2D eigenvalue weighted by Gasteiger charge is 2.38. The molecule has 2 aromatic rings. The fourth-order valence-electron chi connectivity index (χ4n) is 4.12. The van der Waals surface area contributed by atoms with Crippen LogP contribution < -0.4 is 10.6 Å². The van der Waals surface area contributed by atoms with Crippen LogP contribution in [0.2, 0.25) is 0 Å². The summed E-state index contributed by atoms with van der Waals surface area (Å²) in [7, 11) is 0. The van der Waals surface area contributed by atoms with Crippen LogP contribution in [0.15, 0.2) is 53.1 Å². The van der Waals surface area contributed by atoms with E-state index in [4.69, 9.17) is 9.15 Å². The summed E-state index contributed by atoms with van der Waals surface area (Å²) in [6, 6.07) is 13.4. The molecule has 4 rings (SSSR count). The number of urea groups is 1. The minimum absolute atomic E-state index is 0.150. The van der Waals surface area contributed by atoms with Crippen molar-refractivity contribution in [3.8, 4) is 0 Å². The van der Waals surface area contributed by atoms with Crippen LogP contribution in [0, 0.1) is 5.92 Å². The van der Waals surface area contributed by atoms with Gasteiger partial charge in [-0.05, 0) is 43.4 Å².